The lowest BCUT2D eigenvalue weighted by atomic mass is 10.2. The number of nitrogens with one attached hydrogen (secondary N) is 1. The fourth-order valence-corrected chi connectivity index (χ4v) is 3.70. The van der Waals surface area contributed by atoms with E-state index in [1.54, 1.807) is 23.9 Å². The molecule has 0 saturated carbocycles. The van der Waals surface area contributed by atoms with E-state index >= 15 is 0 Å². The third-order valence-electron chi connectivity index (χ3n) is 5.02. The molecule has 11 nitrogen and oxygen atoms in total. The molecule has 34 heavy (non-hydrogen) atoms. The van der Waals surface area contributed by atoms with Crippen molar-refractivity contribution in [3.8, 4) is 11.5 Å². The number of non-ortho nitro benzene ring substituents is 1. The van der Waals surface area contributed by atoms with Gasteiger partial charge < -0.3 is 5.32 Å². The van der Waals surface area contributed by atoms with E-state index in [0.29, 0.717) is 28.4 Å². The number of fused-ring (bicyclic) bond motifs is 1. The van der Waals surface area contributed by atoms with Crippen LogP contribution in [0.1, 0.15) is 16.1 Å². The average molecular weight is 475 g/mol. The number of rotatable bonds is 5. The van der Waals surface area contributed by atoms with E-state index in [0.717, 1.165) is 11.8 Å². The lowest BCUT2D eigenvalue weighted by Crippen LogP contribution is -2.16. The number of anilines is 1. The lowest BCUT2D eigenvalue weighted by molar-refractivity contribution is -0.384. The van der Waals surface area contributed by atoms with Gasteiger partial charge in [0.1, 0.15) is 12.1 Å². The van der Waals surface area contributed by atoms with Gasteiger partial charge in [-0.15, -0.1) is 0 Å². The van der Waals surface area contributed by atoms with Crippen molar-refractivity contribution in [2.45, 2.75) is 6.92 Å². The zero-order chi connectivity index (χ0) is 23.8. The van der Waals surface area contributed by atoms with Gasteiger partial charge in [-0.3, -0.25) is 14.9 Å². The first-order valence-electron chi connectivity index (χ1n) is 9.99. The maximum Gasteiger partial charge on any atom is 0.270 e. The van der Waals surface area contributed by atoms with Gasteiger partial charge in [0.05, 0.1) is 38.5 Å². The van der Waals surface area contributed by atoms with Crippen molar-refractivity contribution >= 4 is 40.0 Å². The minimum Gasteiger partial charge on any atom is -0.306 e. The minimum absolute atomic E-state index is 0.0361. The minimum atomic E-state index is -0.625. The SMILES string of the molecule is Cc1cc(NC(=O)c2cc([N+](=O)[O-])ccc2Cl)n(-c2ncnc3c2cnn3-c2ccccc2)n1. The molecule has 5 aromatic rings. The molecule has 3 aromatic heterocycles. The molecule has 0 aliphatic rings. The fourth-order valence-electron chi connectivity index (χ4n) is 3.49. The number of nitro benzene ring substituents is 1. The van der Waals surface area contributed by atoms with Gasteiger partial charge in [0.25, 0.3) is 11.6 Å². The van der Waals surface area contributed by atoms with Gasteiger partial charge in [0.2, 0.25) is 0 Å². The van der Waals surface area contributed by atoms with E-state index in [1.807, 2.05) is 30.3 Å². The van der Waals surface area contributed by atoms with Crippen LogP contribution >= 0.6 is 11.6 Å². The molecule has 0 saturated heterocycles. The quantitative estimate of drug-likeness (QED) is 0.299. The van der Waals surface area contributed by atoms with E-state index in [9.17, 15) is 14.9 Å². The van der Waals surface area contributed by atoms with Crippen molar-refractivity contribution in [1.29, 1.82) is 0 Å². The molecule has 5 rings (SSSR count). The van der Waals surface area contributed by atoms with Crippen LogP contribution in [0.25, 0.3) is 22.5 Å². The Kier molecular flexibility index (Phi) is 5.22. The average Bonchev–Trinajstić information content (AvgIpc) is 3.43. The lowest BCUT2D eigenvalue weighted by Gasteiger charge is -2.10. The number of aromatic nitrogens is 6. The number of hydrogen-bond donors (Lipinski definition) is 1. The summed E-state index contributed by atoms with van der Waals surface area (Å²) >= 11 is 6.13. The third kappa shape index (κ3) is 3.73. The van der Waals surface area contributed by atoms with Crippen LogP contribution in [0.5, 0.6) is 0 Å². The van der Waals surface area contributed by atoms with Gasteiger partial charge in [0, 0.05) is 18.2 Å². The molecule has 0 spiro atoms. The Hall–Kier alpha value is -4.64. The van der Waals surface area contributed by atoms with Crippen molar-refractivity contribution < 1.29 is 9.72 Å². The summed E-state index contributed by atoms with van der Waals surface area (Å²) in [5.41, 5.74) is 1.72. The van der Waals surface area contributed by atoms with Gasteiger partial charge in [-0.25, -0.2) is 14.6 Å². The molecule has 168 valence electrons. The molecule has 1 amide bonds. The van der Waals surface area contributed by atoms with Crippen molar-refractivity contribution in [2.24, 2.45) is 0 Å². The summed E-state index contributed by atoms with van der Waals surface area (Å²) in [5, 5.41) is 23.4. The third-order valence-corrected chi connectivity index (χ3v) is 5.35. The Morgan fingerprint density at radius 2 is 1.88 bits per heavy atom. The van der Waals surface area contributed by atoms with Crippen LogP contribution in [0.2, 0.25) is 5.02 Å². The van der Waals surface area contributed by atoms with Crippen molar-refractivity contribution in [2.75, 3.05) is 5.32 Å². The van der Waals surface area contributed by atoms with Crippen LogP contribution in [0.15, 0.2) is 67.1 Å². The number of benzene rings is 2. The van der Waals surface area contributed by atoms with Gasteiger partial charge >= 0.3 is 0 Å². The maximum absolute atomic E-state index is 12.9. The molecule has 0 aliphatic carbocycles. The summed E-state index contributed by atoms with van der Waals surface area (Å²) < 4.78 is 3.14. The zero-order valence-electron chi connectivity index (χ0n) is 17.6. The smallest absolute Gasteiger partial charge is 0.270 e. The molecule has 2 aromatic carbocycles. The maximum atomic E-state index is 12.9. The number of para-hydroxylation sites is 1. The number of nitro groups is 1. The molecule has 0 radical (unpaired) electrons. The Morgan fingerprint density at radius 3 is 2.65 bits per heavy atom. The highest BCUT2D eigenvalue weighted by Crippen LogP contribution is 2.26. The number of carbonyl (C=O) groups is 1. The molecule has 3 heterocycles. The van der Waals surface area contributed by atoms with E-state index in [2.05, 4.69) is 25.5 Å². The van der Waals surface area contributed by atoms with Gasteiger partial charge in [-0.2, -0.15) is 14.9 Å². The highest BCUT2D eigenvalue weighted by Gasteiger charge is 2.20. The topological polar surface area (TPSA) is 134 Å². The van der Waals surface area contributed by atoms with Crippen LogP contribution in [-0.2, 0) is 0 Å². The molecule has 0 bridgehead atoms. The van der Waals surface area contributed by atoms with Crippen LogP contribution in [0, 0.1) is 17.0 Å². The van der Waals surface area contributed by atoms with Crippen molar-refractivity contribution in [3.05, 3.63) is 93.5 Å². The predicted octanol–water partition coefficient (Wildman–Crippen LogP) is 4.12. The van der Waals surface area contributed by atoms with Crippen molar-refractivity contribution in [1.82, 2.24) is 29.5 Å². The summed E-state index contributed by atoms with van der Waals surface area (Å²) in [5.74, 6) is 0.0818. The first-order valence-corrected chi connectivity index (χ1v) is 10.4. The standard InChI is InChI=1S/C22H15ClN8O3/c1-13-9-19(27-22(32)16-10-15(31(33)34)7-8-18(16)23)30(28-13)21-17-11-26-29(20(17)24-12-25-21)14-5-3-2-4-6-14/h2-12H,1H3,(H,27,32). The second kappa shape index (κ2) is 8.37. The van der Waals surface area contributed by atoms with Crippen LogP contribution < -0.4 is 5.32 Å². The van der Waals surface area contributed by atoms with E-state index in [-0.39, 0.29) is 16.3 Å². The Balaban J connectivity index is 1.56. The zero-order valence-corrected chi connectivity index (χ0v) is 18.3. The molecule has 1 N–H and O–H groups in total. The Morgan fingerprint density at radius 1 is 1.09 bits per heavy atom. The van der Waals surface area contributed by atoms with Gasteiger partial charge in [-0.1, -0.05) is 29.8 Å². The van der Waals surface area contributed by atoms with Gasteiger partial charge in [0.15, 0.2) is 11.5 Å². The molecular formula is C22H15ClN8O3. The van der Waals surface area contributed by atoms with E-state index < -0.39 is 10.8 Å². The van der Waals surface area contributed by atoms with Crippen LogP contribution in [-0.4, -0.2) is 40.4 Å². The van der Waals surface area contributed by atoms with Crippen LogP contribution in [0.3, 0.4) is 0 Å². The highest BCUT2D eigenvalue weighted by molar-refractivity contribution is 6.34. The predicted molar refractivity (Wildman–Crippen MR) is 125 cm³/mol. The molecule has 12 heteroatoms. The normalized spacial score (nSPS) is 11.0. The summed E-state index contributed by atoms with van der Waals surface area (Å²) in [4.78, 5) is 32.2. The first-order chi connectivity index (χ1) is 16.4. The van der Waals surface area contributed by atoms with Crippen molar-refractivity contribution in [3.63, 3.8) is 0 Å². The molecule has 0 unspecified atom stereocenters. The summed E-state index contributed by atoms with van der Waals surface area (Å²) in [6.07, 6.45) is 3.01. The number of halogens is 1. The first kappa shape index (κ1) is 21.2. The van der Waals surface area contributed by atoms with Crippen LogP contribution in [0.4, 0.5) is 11.5 Å². The summed E-state index contributed by atoms with van der Waals surface area (Å²) in [6.45, 7) is 1.76. The number of aryl methyl sites for hydroxylation is 1. The molecule has 0 fully saturated rings. The number of hydrogen-bond acceptors (Lipinski definition) is 7. The monoisotopic (exact) mass is 474 g/mol. The number of carbonyl (C=O) groups excluding carboxylic acids is 1. The summed E-state index contributed by atoms with van der Waals surface area (Å²) in [7, 11) is 0. The number of amides is 1. The highest BCUT2D eigenvalue weighted by atomic mass is 35.5. The molecule has 0 aliphatic heterocycles. The Bertz CT molecular complexity index is 1560. The largest absolute Gasteiger partial charge is 0.306 e. The molecule has 0 atom stereocenters. The number of nitrogens with zero attached hydrogens (tertiary/aromatic N) is 7. The second-order valence-electron chi connectivity index (χ2n) is 7.28. The van der Waals surface area contributed by atoms with Gasteiger partial charge in [-0.05, 0) is 25.1 Å². The second-order valence-corrected chi connectivity index (χ2v) is 7.69. The van der Waals surface area contributed by atoms with E-state index in [1.165, 1.54) is 23.1 Å². The fraction of sp³-hybridized carbons (Fsp3) is 0.0455. The molecular weight excluding hydrogens is 460 g/mol. The van der Waals surface area contributed by atoms with E-state index in [4.69, 9.17) is 11.6 Å². The summed E-state index contributed by atoms with van der Waals surface area (Å²) in [6, 6.07) is 14.8. The Labute approximate surface area is 196 Å².